The summed E-state index contributed by atoms with van der Waals surface area (Å²) in [4.78, 5) is 0. The van der Waals surface area contributed by atoms with Crippen molar-refractivity contribution in [2.24, 2.45) is 35.0 Å². The second-order valence-corrected chi connectivity index (χ2v) is 11.4. The van der Waals surface area contributed by atoms with Crippen LogP contribution < -0.4 is 0 Å². The van der Waals surface area contributed by atoms with Crippen molar-refractivity contribution in [1.29, 1.82) is 0 Å². The molecule has 0 aromatic carbocycles. The van der Waals surface area contributed by atoms with Crippen LogP contribution in [0.15, 0.2) is 35.5 Å². The number of allylic oxidation sites excluding steroid dienone is 3. The molecule has 0 spiro atoms. The summed E-state index contributed by atoms with van der Waals surface area (Å²) in [5.41, 5.74) is 3.87. The van der Waals surface area contributed by atoms with E-state index >= 15 is 0 Å². The van der Waals surface area contributed by atoms with Gasteiger partial charge in [-0.2, -0.15) is 0 Å². The van der Waals surface area contributed by atoms with Crippen LogP contribution in [0.1, 0.15) is 92.4 Å². The molecule has 30 heavy (non-hydrogen) atoms. The van der Waals surface area contributed by atoms with E-state index < -0.39 is 12.2 Å². The first-order valence-electron chi connectivity index (χ1n) is 12.6. The molecule has 0 aromatic heterocycles. The SMILES string of the molecule is C=C1C(=CC=C2CCCC3(C)C2CCC3C(C)CCC(C)C(C)C)CC(O)CC1O. The van der Waals surface area contributed by atoms with Crippen molar-refractivity contribution >= 4 is 0 Å². The van der Waals surface area contributed by atoms with Gasteiger partial charge in [-0.1, -0.05) is 71.8 Å². The van der Waals surface area contributed by atoms with Gasteiger partial charge in [0, 0.05) is 6.42 Å². The van der Waals surface area contributed by atoms with Crippen molar-refractivity contribution in [3.8, 4) is 0 Å². The van der Waals surface area contributed by atoms with E-state index in [0.717, 1.165) is 34.8 Å². The topological polar surface area (TPSA) is 40.5 Å². The van der Waals surface area contributed by atoms with E-state index in [1.807, 2.05) is 0 Å². The van der Waals surface area contributed by atoms with Gasteiger partial charge in [-0.3, -0.25) is 0 Å². The molecule has 3 fully saturated rings. The first-order valence-corrected chi connectivity index (χ1v) is 12.6. The highest BCUT2D eigenvalue weighted by molar-refractivity contribution is 5.38. The molecule has 0 bridgehead atoms. The van der Waals surface area contributed by atoms with Gasteiger partial charge in [0.1, 0.15) is 0 Å². The molecule has 3 aliphatic rings. The summed E-state index contributed by atoms with van der Waals surface area (Å²) in [6.07, 6.45) is 13.8. The standard InChI is InChI=1S/C28H46O2/c1-18(2)19(3)9-10-20(4)25-13-14-26-22(8-7-15-28(25,26)6)11-12-23-16-24(29)17-27(30)21(23)5/h11-12,18-20,24-27,29-30H,5,7-10,13-17H2,1-4,6H3. The Kier molecular flexibility index (Phi) is 7.72. The van der Waals surface area contributed by atoms with E-state index in [9.17, 15) is 10.2 Å². The van der Waals surface area contributed by atoms with Crippen LogP contribution in [0, 0.1) is 35.0 Å². The Morgan fingerprint density at radius 2 is 1.83 bits per heavy atom. The van der Waals surface area contributed by atoms with E-state index in [2.05, 4.69) is 53.3 Å². The van der Waals surface area contributed by atoms with Gasteiger partial charge < -0.3 is 10.2 Å². The molecule has 2 heteroatoms. The number of aliphatic hydroxyl groups excluding tert-OH is 2. The van der Waals surface area contributed by atoms with Crippen LogP contribution in [0.25, 0.3) is 0 Å². The molecule has 2 nitrogen and oxygen atoms in total. The highest BCUT2D eigenvalue weighted by Crippen LogP contribution is 2.60. The molecule has 0 radical (unpaired) electrons. The molecule has 7 atom stereocenters. The Morgan fingerprint density at radius 1 is 1.10 bits per heavy atom. The van der Waals surface area contributed by atoms with Gasteiger partial charge in [0.2, 0.25) is 0 Å². The molecule has 3 saturated carbocycles. The van der Waals surface area contributed by atoms with E-state index in [0.29, 0.717) is 24.2 Å². The molecule has 7 unspecified atom stereocenters. The predicted octanol–water partition coefficient (Wildman–Crippen LogP) is 6.84. The van der Waals surface area contributed by atoms with Gasteiger partial charge in [0.15, 0.2) is 0 Å². The Bertz CT molecular complexity index is 672. The number of hydrogen-bond acceptors (Lipinski definition) is 2. The summed E-state index contributed by atoms with van der Waals surface area (Å²) >= 11 is 0. The highest BCUT2D eigenvalue weighted by Gasteiger charge is 2.50. The second kappa shape index (κ2) is 9.74. The van der Waals surface area contributed by atoms with Gasteiger partial charge in [-0.05, 0) is 84.7 Å². The minimum Gasteiger partial charge on any atom is -0.393 e. The summed E-state index contributed by atoms with van der Waals surface area (Å²) in [7, 11) is 0. The summed E-state index contributed by atoms with van der Waals surface area (Å²) in [6, 6.07) is 0. The van der Waals surface area contributed by atoms with Crippen molar-refractivity contribution in [1.82, 2.24) is 0 Å². The number of rotatable bonds is 6. The van der Waals surface area contributed by atoms with Crippen LogP contribution in [0.3, 0.4) is 0 Å². The molecule has 2 N–H and O–H groups in total. The molecular weight excluding hydrogens is 368 g/mol. The maximum absolute atomic E-state index is 10.1. The van der Waals surface area contributed by atoms with Gasteiger partial charge in [0.25, 0.3) is 0 Å². The van der Waals surface area contributed by atoms with Crippen LogP contribution >= 0.6 is 0 Å². The van der Waals surface area contributed by atoms with Crippen molar-refractivity contribution in [2.45, 2.75) is 105 Å². The average molecular weight is 415 g/mol. The minimum absolute atomic E-state index is 0.419. The fourth-order valence-electron chi connectivity index (χ4n) is 6.74. The third kappa shape index (κ3) is 4.96. The summed E-state index contributed by atoms with van der Waals surface area (Å²) in [6.45, 7) is 16.3. The fourth-order valence-corrected chi connectivity index (χ4v) is 6.74. The van der Waals surface area contributed by atoms with Crippen LogP contribution in [-0.2, 0) is 0 Å². The number of hydrogen-bond donors (Lipinski definition) is 2. The van der Waals surface area contributed by atoms with Crippen molar-refractivity contribution in [3.63, 3.8) is 0 Å². The summed E-state index contributed by atoms with van der Waals surface area (Å²) < 4.78 is 0. The van der Waals surface area contributed by atoms with Gasteiger partial charge in [-0.15, -0.1) is 0 Å². The zero-order valence-electron chi connectivity index (χ0n) is 20.2. The normalized spacial score (nSPS) is 39.5. The Balaban J connectivity index is 1.72. The number of fused-ring (bicyclic) bond motifs is 1. The minimum atomic E-state index is -0.597. The first-order chi connectivity index (χ1) is 14.1. The van der Waals surface area contributed by atoms with Crippen molar-refractivity contribution < 1.29 is 10.2 Å². The van der Waals surface area contributed by atoms with Gasteiger partial charge >= 0.3 is 0 Å². The molecule has 3 rings (SSSR count). The predicted molar refractivity (Wildman–Crippen MR) is 127 cm³/mol. The van der Waals surface area contributed by atoms with E-state index in [-0.39, 0.29) is 0 Å². The molecule has 0 saturated heterocycles. The van der Waals surface area contributed by atoms with Crippen LogP contribution in [0.2, 0.25) is 0 Å². The molecule has 0 heterocycles. The van der Waals surface area contributed by atoms with Crippen LogP contribution in [-0.4, -0.2) is 22.4 Å². The molecule has 0 aromatic rings. The van der Waals surface area contributed by atoms with E-state index in [1.165, 1.54) is 44.9 Å². The Labute approximate surface area is 185 Å². The first kappa shape index (κ1) is 23.8. The van der Waals surface area contributed by atoms with Gasteiger partial charge in [-0.25, -0.2) is 0 Å². The Morgan fingerprint density at radius 3 is 2.53 bits per heavy atom. The van der Waals surface area contributed by atoms with Gasteiger partial charge in [0.05, 0.1) is 12.2 Å². The smallest absolute Gasteiger partial charge is 0.0811 e. The summed E-state index contributed by atoms with van der Waals surface area (Å²) in [5, 5.41) is 20.2. The molecule has 0 aliphatic heterocycles. The van der Waals surface area contributed by atoms with Crippen LogP contribution in [0.5, 0.6) is 0 Å². The second-order valence-electron chi connectivity index (χ2n) is 11.4. The lowest BCUT2D eigenvalue weighted by Crippen LogP contribution is -2.36. The molecule has 3 aliphatic carbocycles. The van der Waals surface area contributed by atoms with E-state index in [4.69, 9.17) is 0 Å². The zero-order chi connectivity index (χ0) is 22.1. The molecule has 0 amide bonds. The monoisotopic (exact) mass is 414 g/mol. The highest BCUT2D eigenvalue weighted by atomic mass is 16.3. The average Bonchev–Trinajstić information content (AvgIpc) is 3.04. The van der Waals surface area contributed by atoms with Crippen LogP contribution in [0.4, 0.5) is 0 Å². The third-order valence-electron chi connectivity index (χ3n) is 9.20. The maximum atomic E-state index is 10.1. The molecular formula is C28H46O2. The Hall–Kier alpha value is -0.860. The lowest BCUT2D eigenvalue weighted by atomic mass is 9.60. The zero-order valence-corrected chi connectivity index (χ0v) is 20.2. The third-order valence-corrected chi connectivity index (χ3v) is 9.20. The van der Waals surface area contributed by atoms with E-state index in [1.54, 1.807) is 5.57 Å². The number of aliphatic hydroxyl groups is 2. The maximum Gasteiger partial charge on any atom is 0.0811 e. The lowest BCUT2D eigenvalue weighted by Gasteiger charge is -2.44. The van der Waals surface area contributed by atoms with Crippen molar-refractivity contribution in [2.75, 3.05) is 0 Å². The van der Waals surface area contributed by atoms with Crippen molar-refractivity contribution in [3.05, 3.63) is 35.5 Å². The summed E-state index contributed by atoms with van der Waals surface area (Å²) in [5.74, 6) is 3.95. The fraction of sp³-hybridized carbons (Fsp3) is 0.786. The quantitative estimate of drug-likeness (QED) is 0.500. The lowest BCUT2D eigenvalue weighted by molar-refractivity contribution is 0.0861. The molecule has 170 valence electrons. The largest absolute Gasteiger partial charge is 0.393 e.